The van der Waals surface area contributed by atoms with Crippen LogP contribution in [0.1, 0.15) is 32.8 Å². The van der Waals surface area contributed by atoms with Crippen molar-refractivity contribution in [2.24, 2.45) is 5.92 Å². The minimum atomic E-state index is -1.83. The molecule has 1 saturated carbocycles. The predicted octanol–water partition coefficient (Wildman–Crippen LogP) is 7.80. The largest absolute Gasteiger partial charge is 0.359 e. The lowest BCUT2D eigenvalue weighted by atomic mass is 10.1. The van der Waals surface area contributed by atoms with Crippen molar-refractivity contribution >= 4 is 34.4 Å². The van der Waals surface area contributed by atoms with Crippen molar-refractivity contribution in [3.8, 4) is 0 Å². The number of nitrogens with one attached hydrogen (secondary N) is 3. The van der Waals surface area contributed by atoms with Crippen molar-refractivity contribution in [1.29, 1.82) is 0 Å². The maximum absolute atomic E-state index is 15.0. The van der Waals surface area contributed by atoms with Crippen LogP contribution in [-0.4, -0.2) is 10.5 Å². The minimum absolute atomic E-state index is 0.00342. The van der Waals surface area contributed by atoms with E-state index in [2.05, 4.69) is 35.7 Å². The third-order valence-electron chi connectivity index (χ3n) is 5.56. The number of hydrogen-bond donors (Lipinski definition) is 3. The van der Waals surface area contributed by atoms with Gasteiger partial charge in [0.15, 0.2) is 5.82 Å². The van der Waals surface area contributed by atoms with Crippen LogP contribution in [0.2, 0.25) is 0 Å². The van der Waals surface area contributed by atoms with Crippen LogP contribution in [0.3, 0.4) is 0 Å². The molecule has 2 atom stereocenters. The van der Waals surface area contributed by atoms with Gasteiger partial charge < -0.3 is 16.0 Å². The summed E-state index contributed by atoms with van der Waals surface area (Å²) in [7, 11) is 0. The average molecular weight is 480 g/mol. The molecule has 2 aromatic carbocycles. The zero-order valence-corrected chi connectivity index (χ0v) is 19.4. The van der Waals surface area contributed by atoms with E-state index in [9.17, 15) is 17.6 Å². The van der Waals surface area contributed by atoms with Gasteiger partial charge in [-0.25, -0.2) is 17.6 Å². The lowest BCUT2D eigenvalue weighted by molar-refractivity contribution is 0.271. The fourth-order valence-corrected chi connectivity index (χ4v) is 3.51. The van der Waals surface area contributed by atoms with E-state index in [1.807, 2.05) is 6.92 Å². The highest BCUT2D eigenvalue weighted by Gasteiger charge is 2.50. The van der Waals surface area contributed by atoms with Crippen LogP contribution in [0.4, 0.5) is 34.6 Å². The third-order valence-corrected chi connectivity index (χ3v) is 5.97. The normalized spacial score (nSPS) is 19.6. The van der Waals surface area contributed by atoms with Gasteiger partial charge in [0.1, 0.15) is 23.0 Å². The summed E-state index contributed by atoms with van der Waals surface area (Å²) in [6.45, 7) is 15.7. The van der Waals surface area contributed by atoms with Gasteiger partial charge in [0.25, 0.3) is 0 Å². The molecule has 1 aliphatic carbocycles. The Bertz CT molecular complexity index is 1140. The maximum Gasteiger partial charge on any atom is 0.173 e. The van der Waals surface area contributed by atoms with Crippen molar-refractivity contribution in [3.05, 3.63) is 84.5 Å². The molecule has 33 heavy (non-hydrogen) atoms. The lowest BCUT2D eigenvalue weighted by Crippen LogP contribution is -2.21. The second kappa shape index (κ2) is 8.78. The number of anilines is 3. The maximum atomic E-state index is 15.0. The van der Waals surface area contributed by atoms with Crippen molar-refractivity contribution in [1.82, 2.24) is 0 Å². The molecule has 3 nitrogen and oxygen atoms in total. The second-order valence-electron chi connectivity index (χ2n) is 8.84. The molecule has 176 valence electrons. The monoisotopic (exact) mass is 479 g/mol. The van der Waals surface area contributed by atoms with Gasteiger partial charge in [-0.05, 0) is 57.5 Å². The van der Waals surface area contributed by atoms with E-state index in [4.69, 9.17) is 11.6 Å². The van der Waals surface area contributed by atoms with E-state index >= 15 is 0 Å². The molecule has 0 heterocycles. The first-order valence-corrected chi connectivity index (χ1v) is 10.6. The number of alkyl halides is 2. The number of hydrogen-bond acceptors (Lipinski definition) is 3. The first kappa shape index (κ1) is 24.7. The van der Waals surface area contributed by atoms with Gasteiger partial charge in [0.05, 0.1) is 10.6 Å². The van der Waals surface area contributed by atoms with Gasteiger partial charge in [-0.15, -0.1) is 11.6 Å². The van der Waals surface area contributed by atoms with E-state index < -0.39 is 28.8 Å². The highest BCUT2D eigenvalue weighted by molar-refractivity contribution is 6.26. The molecular formula is C25H26ClF4N3. The number of allylic oxidation sites excluding steroid dienone is 2. The van der Waals surface area contributed by atoms with Gasteiger partial charge in [-0.1, -0.05) is 19.7 Å². The predicted molar refractivity (Wildman–Crippen MR) is 128 cm³/mol. The van der Waals surface area contributed by atoms with Gasteiger partial charge in [0, 0.05) is 34.3 Å². The zero-order valence-electron chi connectivity index (χ0n) is 18.7. The topological polar surface area (TPSA) is 36.1 Å². The summed E-state index contributed by atoms with van der Waals surface area (Å²) in [5.74, 6) is -2.52. The molecule has 3 N–H and O–H groups in total. The van der Waals surface area contributed by atoms with Crippen LogP contribution in [0.25, 0.3) is 5.70 Å². The van der Waals surface area contributed by atoms with Crippen LogP contribution in [0.15, 0.2) is 61.5 Å². The van der Waals surface area contributed by atoms with Crippen LogP contribution in [0.5, 0.6) is 0 Å². The average Bonchev–Trinajstić information content (AvgIpc) is 3.36. The van der Waals surface area contributed by atoms with Crippen molar-refractivity contribution in [2.75, 3.05) is 16.0 Å². The Labute approximate surface area is 196 Å². The smallest absolute Gasteiger partial charge is 0.173 e. The highest BCUT2D eigenvalue weighted by atomic mass is 35.5. The minimum Gasteiger partial charge on any atom is -0.359 e. The Hall–Kier alpha value is -2.93. The van der Waals surface area contributed by atoms with Crippen molar-refractivity contribution < 1.29 is 17.6 Å². The number of rotatable bonds is 9. The SMILES string of the molecule is C=C(Nc1c(F)ccc(NC(=C)C(C)(C)F)c1F)c1cc(NC(=C)C2CC2(C)Cl)ccc1F. The van der Waals surface area contributed by atoms with Gasteiger partial charge in [-0.2, -0.15) is 0 Å². The van der Waals surface area contributed by atoms with E-state index in [1.165, 1.54) is 32.0 Å². The Morgan fingerprint density at radius 3 is 2.21 bits per heavy atom. The molecular weight excluding hydrogens is 454 g/mol. The van der Waals surface area contributed by atoms with Crippen LogP contribution in [0, 0.1) is 23.4 Å². The van der Waals surface area contributed by atoms with E-state index in [1.54, 1.807) is 0 Å². The summed E-state index contributed by atoms with van der Waals surface area (Å²) in [4.78, 5) is -0.352. The zero-order chi connectivity index (χ0) is 24.7. The molecule has 0 spiro atoms. The first-order chi connectivity index (χ1) is 15.2. The fourth-order valence-electron chi connectivity index (χ4n) is 3.23. The van der Waals surface area contributed by atoms with E-state index in [0.29, 0.717) is 11.4 Å². The summed E-state index contributed by atoms with van der Waals surface area (Å²) in [6, 6.07) is 6.30. The Morgan fingerprint density at radius 1 is 1.03 bits per heavy atom. The molecule has 0 amide bonds. The van der Waals surface area contributed by atoms with Gasteiger partial charge in [-0.3, -0.25) is 0 Å². The highest BCUT2D eigenvalue weighted by Crippen LogP contribution is 2.52. The lowest BCUT2D eigenvalue weighted by Gasteiger charge is -2.21. The van der Waals surface area contributed by atoms with E-state index in [0.717, 1.165) is 18.6 Å². The Morgan fingerprint density at radius 2 is 1.64 bits per heavy atom. The van der Waals surface area contributed by atoms with E-state index in [-0.39, 0.29) is 33.4 Å². The summed E-state index contributed by atoms with van der Waals surface area (Å²) < 4.78 is 57.9. The second-order valence-corrected chi connectivity index (χ2v) is 9.71. The molecule has 8 heteroatoms. The van der Waals surface area contributed by atoms with Crippen molar-refractivity contribution in [2.45, 2.75) is 37.7 Å². The Kier molecular flexibility index (Phi) is 6.58. The first-order valence-electron chi connectivity index (χ1n) is 10.2. The molecule has 0 radical (unpaired) electrons. The van der Waals surface area contributed by atoms with Crippen molar-refractivity contribution in [3.63, 3.8) is 0 Å². The molecule has 2 aromatic rings. The molecule has 1 aliphatic rings. The summed E-state index contributed by atoms with van der Waals surface area (Å²) in [6.07, 6.45) is 0.775. The molecule has 0 aromatic heterocycles. The molecule has 3 rings (SSSR count). The summed E-state index contributed by atoms with van der Waals surface area (Å²) >= 11 is 6.28. The summed E-state index contributed by atoms with van der Waals surface area (Å²) in [5.41, 5.74) is -1.55. The summed E-state index contributed by atoms with van der Waals surface area (Å²) in [5, 5.41) is 8.10. The van der Waals surface area contributed by atoms with Crippen LogP contribution < -0.4 is 16.0 Å². The number of halogens is 5. The fraction of sp³-hybridized carbons (Fsp3) is 0.280. The Balaban J connectivity index is 1.82. The standard InChI is InChI=1S/C25H26ClF4N3/c1-13(17-11-16(7-8-19(17)27)31-14(2)18-12-25(18,6)26)32-23-20(28)9-10-21(22(23)29)33-15(3)24(4,5)30/h7-11,18,31-33H,1-3,12H2,4-6H3. The molecule has 0 saturated heterocycles. The number of benzene rings is 2. The van der Waals surface area contributed by atoms with Crippen LogP contribution >= 0.6 is 11.6 Å². The quantitative estimate of drug-likeness (QED) is 0.253. The van der Waals surface area contributed by atoms with Gasteiger partial charge in [0.2, 0.25) is 0 Å². The molecule has 2 unspecified atom stereocenters. The third kappa shape index (κ3) is 5.53. The molecule has 1 fully saturated rings. The van der Waals surface area contributed by atoms with Gasteiger partial charge >= 0.3 is 0 Å². The van der Waals surface area contributed by atoms with Crippen LogP contribution in [-0.2, 0) is 0 Å². The molecule has 0 bridgehead atoms. The molecule has 0 aliphatic heterocycles.